The molecule has 4 nitrogen and oxygen atoms in total. The molecule has 1 aromatic heterocycles. The van der Waals surface area contributed by atoms with Crippen LogP contribution in [0.4, 0.5) is 0 Å². The zero-order chi connectivity index (χ0) is 13.7. The summed E-state index contributed by atoms with van der Waals surface area (Å²) < 4.78 is 32.6. The van der Waals surface area contributed by atoms with Gasteiger partial charge in [-0.1, -0.05) is 18.2 Å². The van der Waals surface area contributed by atoms with Crippen molar-refractivity contribution in [3.8, 4) is 0 Å². The van der Waals surface area contributed by atoms with E-state index in [-0.39, 0.29) is 4.90 Å². The predicted molar refractivity (Wildman–Crippen MR) is 74.6 cm³/mol. The first-order valence-electron chi connectivity index (χ1n) is 5.66. The summed E-state index contributed by atoms with van der Waals surface area (Å²) in [4.78, 5) is 0.220. The average Bonchev–Trinajstić information content (AvgIpc) is 2.88. The number of allylic oxidation sites excluding steroid dienone is 1. The van der Waals surface area contributed by atoms with Gasteiger partial charge in [0, 0.05) is 6.21 Å². The molecule has 98 valence electrons. The molecule has 0 saturated carbocycles. The number of benzene rings is 1. The van der Waals surface area contributed by atoms with E-state index < -0.39 is 10.0 Å². The molecule has 0 saturated heterocycles. The van der Waals surface area contributed by atoms with Crippen LogP contribution in [0.3, 0.4) is 0 Å². The number of hydrogen-bond donors (Lipinski definition) is 0. The predicted octanol–water partition coefficient (Wildman–Crippen LogP) is 3.06. The molecule has 1 aromatic carbocycles. The Hall–Kier alpha value is -2.14. The Morgan fingerprint density at radius 1 is 1.16 bits per heavy atom. The van der Waals surface area contributed by atoms with Crippen molar-refractivity contribution in [3.05, 3.63) is 60.1 Å². The Bertz CT molecular complexity index is 698. The van der Waals surface area contributed by atoms with Gasteiger partial charge in [-0.25, -0.2) is 0 Å². The fourth-order valence-electron chi connectivity index (χ4n) is 1.54. The van der Waals surface area contributed by atoms with Crippen LogP contribution in [-0.2, 0) is 10.0 Å². The van der Waals surface area contributed by atoms with Crippen molar-refractivity contribution in [2.75, 3.05) is 0 Å². The normalized spacial score (nSPS) is 12.5. The molecule has 2 rings (SSSR count). The molecule has 2 aromatic rings. The van der Waals surface area contributed by atoms with Gasteiger partial charge in [-0.3, -0.25) is 0 Å². The Kier molecular flexibility index (Phi) is 3.97. The minimum Gasteiger partial charge on any atom is -0.465 e. The summed E-state index contributed by atoms with van der Waals surface area (Å²) in [5, 5.41) is 0. The van der Waals surface area contributed by atoms with Crippen LogP contribution in [0, 0.1) is 6.92 Å². The lowest BCUT2D eigenvalue weighted by Gasteiger charge is -2.01. The molecule has 0 aliphatic rings. The Balaban J connectivity index is 2.16. The van der Waals surface area contributed by atoms with Gasteiger partial charge < -0.3 is 4.42 Å². The topological polar surface area (TPSA) is 59.6 Å². The lowest BCUT2D eigenvalue weighted by Crippen LogP contribution is -1.99. The molecule has 0 atom stereocenters. The van der Waals surface area contributed by atoms with Crippen LogP contribution in [-0.4, -0.2) is 14.6 Å². The van der Waals surface area contributed by atoms with Crippen LogP contribution in [0.2, 0.25) is 0 Å². The van der Waals surface area contributed by atoms with Crippen molar-refractivity contribution in [1.29, 1.82) is 0 Å². The van der Waals surface area contributed by atoms with Gasteiger partial charge >= 0.3 is 0 Å². The molecule has 0 unspecified atom stereocenters. The van der Waals surface area contributed by atoms with Gasteiger partial charge in [0.1, 0.15) is 5.76 Å². The Morgan fingerprint density at radius 2 is 1.95 bits per heavy atom. The van der Waals surface area contributed by atoms with E-state index in [1.54, 1.807) is 49.6 Å². The fourth-order valence-corrected chi connectivity index (χ4v) is 2.61. The minimum absolute atomic E-state index is 0.220. The first-order chi connectivity index (χ1) is 9.09. The third-order valence-electron chi connectivity index (χ3n) is 2.46. The van der Waals surface area contributed by atoms with Gasteiger partial charge in [0.2, 0.25) is 0 Å². The van der Waals surface area contributed by atoms with E-state index >= 15 is 0 Å². The monoisotopic (exact) mass is 275 g/mol. The first-order valence-corrected chi connectivity index (χ1v) is 7.10. The molecule has 0 aliphatic carbocycles. The van der Waals surface area contributed by atoms with Crippen molar-refractivity contribution >= 4 is 22.3 Å². The highest BCUT2D eigenvalue weighted by Gasteiger charge is 2.13. The third kappa shape index (κ3) is 3.42. The first kappa shape index (κ1) is 13.3. The third-order valence-corrected chi connectivity index (χ3v) is 3.87. The van der Waals surface area contributed by atoms with Crippen molar-refractivity contribution in [2.24, 2.45) is 4.40 Å². The number of furan rings is 1. The molecule has 5 heteroatoms. The van der Waals surface area contributed by atoms with E-state index in [9.17, 15) is 8.42 Å². The molecule has 19 heavy (non-hydrogen) atoms. The van der Waals surface area contributed by atoms with E-state index in [1.165, 1.54) is 18.4 Å². The number of sulfonamides is 1. The largest absolute Gasteiger partial charge is 0.465 e. The number of aryl methyl sites for hydroxylation is 1. The SMILES string of the molecule is Cc1ccccc1S(=O)(=O)/N=C/C=C/c1ccco1. The van der Waals surface area contributed by atoms with E-state index in [2.05, 4.69) is 4.40 Å². The Labute approximate surface area is 112 Å². The zero-order valence-corrected chi connectivity index (χ0v) is 11.2. The standard InChI is InChI=1S/C14H13NO3S/c1-12-6-2-3-9-14(12)19(16,17)15-10-4-7-13-8-5-11-18-13/h2-11H,1H3/b7-4+,15-10+. The van der Waals surface area contributed by atoms with Gasteiger partial charge in [-0.05, 0) is 42.8 Å². The van der Waals surface area contributed by atoms with Crippen LogP contribution in [0.25, 0.3) is 6.08 Å². The molecular formula is C14H13NO3S. The second-order valence-corrected chi connectivity index (χ2v) is 5.47. The summed E-state index contributed by atoms with van der Waals surface area (Å²) in [6, 6.07) is 10.3. The molecule has 0 radical (unpaired) electrons. The molecule has 1 heterocycles. The van der Waals surface area contributed by atoms with E-state index in [4.69, 9.17) is 4.42 Å². The fraction of sp³-hybridized carbons (Fsp3) is 0.0714. The molecule has 0 N–H and O–H groups in total. The van der Waals surface area contributed by atoms with Crippen molar-refractivity contribution in [1.82, 2.24) is 0 Å². The maximum Gasteiger partial charge on any atom is 0.282 e. The smallest absolute Gasteiger partial charge is 0.282 e. The number of rotatable bonds is 4. The minimum atomic E-state index is -3.64. The summed E-state index contributed by atoms with van der Waals surface area (Å²) in [5.74, 6) is 0.639. The van der Waals surface area contributed by atoms with Gasteiger partial charge in [0.05, 0.1) is 11.2 Å². The van der Waals surface area contributed by atoms with Crippen LogP contribution >= 0.6 is 0 Å². The van der Waals surface area contributed by atoms with Crippen molar-refractivity contribution in [3.63, 3.8) is 0 Å². The average molecular weight is 275 g/mol. The molecular weight excluding hydrogens is 262 g/mol. The Morgan fingerprint density at radius 3 is 2.63 bits per heavy atom. The van der Waals surface area contributed by atoms with Crippen LogP contribution < -0.4 is 0 Å². The highest BCUT2D eigenvalue weighted by Crippen LogP contribution is 2.16. The lowest BCUT2D eigenvalue weighted by molar-refractivity contribution is 0.557. The number of hydrogen-bond acceptors (Lipinski definition) is 3. The van der Waals surface area contributed by atoms with Crippen LogP contribution in [0.15, 0.2) is 62.4 Å². The highest BCUT2D eigenvalue weighted by molar-refractivity contribution is 7.90. The summed E-state index contributed by atoms with van der Waals surface area (Å²) in [6.07, 6.45) is 5.94. The summed E-state index contributed by atoms with van der Waals surface area (Å²) >= 11 is 0. The maximum absolute atomic E-state index is 12.0. The summed E-state index contributed by atoms with van der Waals surface area (Å²) in [6.45, 7) is 1.74. The summed E-state index contributed by atoms with van der Waals surface area (Å²) in [7, 11) is -3.64. The van der Waals surface area contributed by atoms with Gasteiger partial charge in [0.25, 0.3) is 10.0 Å². The molecule has 0 spiro atoms. The van der Waals surface area contributed by atoms with Gasteiger partial charge in [-0.2, -0.15) is 12.8 Å². The maximum atomic E-state index is 12.0. The van der Waals surface area contributed by atoms with Crippen LogP contribution in [0.5, 0.6) is 0 Å². The van der Waals surface area contributed by atoms with E-state index in [0.717, 1.165) is 0 Å². The highest BCUT2D eigenvalue weighted by atomic mass is 32.2. The zero-order valence-electron chi connectivity index (χ0n) is 10.4. The summed E-state index contributed by atoms with van der Waals surface area (Å²) in [5.41, 5.74) is 0.676. The van der Waals surface area contributed by atoms with E-state index in [0.29, 0.717) is 11.3 Å². The lowest BCUT2D eigenvalue weighted by atomic mass is 10.2. The van der Waals surface area contributed by atoms with Crippen LogP contribution in [0.1, 0.15) is 11.3 Å². The molecule has 0 fully saturated rings. The molecule has 0 bridgehead atoms. The number of nitrogens with zero attached hydrogens (tertiary/aromatic N) is 1. The molecule has 0 amide bonds. The second-order valence-electron chi connectivity index (χ2n) is 3.87. The van der Waals surface area contributed by atoms with Gasteiger partial charge in [0.15, 0.2) is 0 Å². The van der Waals surface area contributed by atoms with Crippen molar-refractivity contribution < 1.29 is 12.8 Å². The molecule has 0 aliphatic heterocycles. The van der Waals surface area contributed by atoms with E-state index in [1.807, 2.05) is 0 Å². The van der Waals surface area contributed by atoms with Gasteiger partial charge in [-0.15, -0.1) is 0 Å². The van der Waals surface area contributed by atoms with Crippen molar-refractivity contribution in [2.45, 2.75) is 11.8 Å². The second kappa shape index (κ2) is 5.67. The quantitative estimate of drug-likeness (QED) is 0.806.